The van der Waals surface area contributed by atoms with Crippen LogP contribution in [-0.2, 0) is 4.74 Å². The first-order chi connectivity index (χ1) is 15.5. The number of halogens is 1. The molecular weight excluding hydrogens is 436 g/mol. The highest BCUT2D eigenvalue weighted by molar-refractivity contribution is 6.33. The number of rotatable bonds is 6. The molecule has 1 saturated heterocycles. The summed E-state index contributed by atoms with van der Waals surface area (Å²) in [6.45, 7) is 1.08. The predicted molar refractivity (Wildman–Crippen MR) is 118 cm³/mol. The number of hydrogen-bond acceptors (Lipinski definition) is 8. The van der Waals surface area contributed by atoms with Gasteiger partial charge in [0, 0.05) is 43.0 Å². The van der Waals surface area contributed by atoms with Crippen LogP contribution < -0.4 is 21.1 Å². The Morgan fingerprint density at radius 2 is 2.03 bits per heavy atom. The molecule has 4 rings (SSSR count). The zero-order valence-electron chi connectivity index (χ0n) is 17.5. The van der Waals surface area contributed by atoms with Gasteiger partial charge >= 0.3 is 6.09 Å². The van der Waals surface area contributed by atoms with Crippen LogP contribution in [0.15, 0.2) is 35.5 Å². The highest BCUT2D eigenvalue weighted by atomic mass is 35.5. The van der Waals surface area contributed by atoms with Crippen LogP contribution >= 0.6 is 11.6 Å². The van der Waals surface area contributed by atoms with E-state index in [1.54, 1.807) is 18.5 Å². The average molecular weight is 463 g/mol. The summed E-state index contributed by atoms with van der Waals surface area (Å²) in [6.07, 6.45) is 7.30. The number of ether oxygens (including phenoxy) is 1. The second-order valence-corrected chi connectivity index (χ2v) is 8.59. The van der Waals surface area contributed by atoms with E-state index in [1.165, 1.54) is 6.20 Å². The maximum Gasteiger partial charge on any atom is 0.407 e. The van der Waals surface area contributed by atoms with E-state index in [0.29, 0.717) is 25.2 Å². The Kier molecular flexibility index (Phi) is 7.23. The van der Waals surface area contributed by atoms with Crippen LogP contribution in [0.4, 0.5) is 10.5 Å². The number of carbonyl (C=O) groups is 1. The van der Waals surface area contributed by atoms with Gasteiger partial charge in [-0.15, -0.1) is 0 Å². The summed E-state index contributed by atoms with van der Waals surface area (Å²) in [4.78, 5) is 29.9. The van der Waals surface area contributed by atoms with Crippen molar-refractivity contribution in [2.45, 2.75) is 56.5 Å². The van der Waals surface area contributed by atoms with Gasteiger partial charge in [-0.05, 0) is 31.7 Å². The van der Waals surface area contributed by atoms with Crippen molar-refractivity contribution in [2.75, 3.05) is 18.0 Å². The Morgan fingerprint density at radius 1 is 1.25 bits per heavy atom. The summed E-state index contributed by atoms with van der Waals surface area (Å²) >= 11 is 6.06. The molecule has 1 unspecified atom stereocenters. The third-order valence-corrected chi connectivity index (χ3v) is 6.34. The molecular formula is C21H27ClN6O4. The van der Waals surface area contributed by atoms with Crippen LogP contribution in [0.3, 0.4) is 0 Å². The molecule has 2 atom stereocenters. The number of aliphatic hydroxyl groups excluding tert-OH is 1. The van der Waals surface area contributed by atoms with Gasteiger partial charge in [0.2, 0.25) is 0 Å². The summed E-state index contributed by atoms with van der Waals surface area (Å²) in [7, 11) is 0. The first-order valence-corrected chi connectivity index (χ1v) is 11.2. The van der Waals surface area contributed by atoms with Crippen molar-refractivity contribution in [1.29, 1.82) is 0 Å². The second-order valence-electron chi connectivity index (χ2n) is 8.21. The minimum Gasteiger partial charge on any atom is -0.444 e. The minimum absolute atomic E-state index is 0.0416. The van der Waals surface area contributed by atoms with Crippen molar-refractivity contribution in [3.05, 3.63) is 51.7 Å². The first-order valence-electron chi connectivity index (χ1n) is 10.8. The first kappa shape index (κ1) is 22.5. The van der Waals surface area contributed by atoms with Gasteiger partial charge in [-0.2, -0.15) is 5.10 Å². The average Bonchev–Trinajstić information content (AvgIpc) is 3.25. The largest absolute Gasteiger partial charge is 0.444 e. The van der Waals surface area contributed by atoms with E-state index in [9.17, 15) is 14.7 Å². The molecule has 0 spiro atoms. The zero-order valence-corrected chi connectivity index (χ0v) is 18.3. The van der Waals surface area contributed by atoms with Crippen molar-refractivity contribution >= 4 is 23.4 Å². The molecule has 4 N–H and O–H groups in total. The highest BCUT2D eigenvalue weighted by Gasteiger charge is 2.29. The SMILES string of the molecule is O=C(NC1CCC(NC(O)c2cccnc2)CC1)O[C@@H]1CCN(c2cn[nH]c(=O)c2Cl)C1. The lowest BCUT2D eigenvalue weighted by Gasteiger charge is -2.31. The van der Waals surface area contributed by atoms with Crippen molar-refractivity contribution in [3.63, 3.8) is 0 Å². The molecule has 32 heavy (non-hydrogen) atoms. The molecule has 2 aromatic heterocycles. The maximum absolute atomic E-state index is 12.4. The smallest absolute Gasteiger partial charge is 0.407 e. The molecule has 1 aliphatic heterocycles. The number of hydrogen-bond donors (Lipinski definition) is 4. The molecule has 1 aliphatic carbocycles. The van der Waals surface area contributed by atoms with E-state index < -0.39 is 17.9 Å². The molecule has 0 radical (unpaired) electrons. The van der Waals surface area contributed by atoms with Crippen LogP contribution in [0.1, 0.15) is 43.9 Å². The minimum atomic E-state index is -0.752. The molecule has 2 aliphatic rings. The molecule has 2 fully saturated rings. The quantitative estimate of drug-likeness (QED) is 0.477. The van der Waals surface area contributed by atoms with Gasteiger partial charge in [0.15, 0.2) is 0 Å². The molecule has 172 valence electrons. The molecule has 2 aromatic rings. The fourth-order valence-electron chi connectivity index (χ4n) is 4.25. The summed E-state index contributed by atoms with van der Waals surface area (Å²) in [5.74, 6) is 0. The van der Waals surface area contributed by atoms with Crippen LogP contribution in [0.25, 0.3) is 0 Å². The second kappa shape index (κ2) is 10.3. The van der Waals surface area contributed by atoms with E-state index in [1.807, 2.05) is 11.0 Å². The Morgan fingerprint density at radius 3 is 2.78 bits per heavy atom. The van der Waals surface area contributed by atoms with E-state index in [4.69, 9.17) is 16.3 Å². The number of aliphatic hydroxyl groups is 1. The summed E-state index contributed by atoms with van der Waals surface area (Å²) in [6, 6.07) is 3.84. The number of nitrogens with one attached hydrogen (secondary N) is 3. The van der Waals surface area contributed by atoms with Crippen molar-refractivity contribution in [2.24, 2.45) is 0 Å². The van der Waals surface area contributed by atoms with Crippen LogP contribution in [0, 0.1) is 0 Å². The zero-order chi connectivity index (χ0) is 22.5. The lowest BCUT2D eigenvalue weighted by Crippen LogP contribution is -2.44. The number of alkyl carbamates (subject to hydrolysis) is 1. The normalized spacial score (nSPS) is 24.2. The number of amides is 1. The molecule has 10 nitrogen and oxygen atoms in total. The molecule has 0 aromatic carbocycles. The predicted octanol–water partition coefficient (Wildman–Crippen LogP) is 1.72. The third-order valence-electron chi connectivity index (χ3n) is 5.98. The standard InChI is InChI=1S/C21H27ClN6O4/c22-18-17(11-24-27-20(18)30)28-9-7-16(12-28)32-21(31)26-15-5-3-14(4-6-15)25-19(29)13-2-1-8-23-10-13/h1-2,8,10-11,14-16,19,25,29H,3-7,9,12H2,(H,26,31)(H,27,30)/t14?,15?,16-,19?/m1/s1. The van der Waals surface area contributed by atoms with Crippen LogP contribution in [0.2, 0.25) is 5.02 Å². The summed E-state index contributed by atoms with van der Waals surface area (Å²) < 4.78 is 5.58. The number of H-pyrrole nitrogens is 1. The fourth-order valence-corrected chi connectivity index (χ4v) is 4.46. The van der Waals surface area contributed by atoms with E-state index in [-0.39, 0.29) is 23.2 Å². The topological polar surface area (TPSA) is 132 Å². The Hall–Kier alpha value is -2.69. The van der Waals surface area contributed by atoms with Gasteiger partial charge in [0.25, 0.3) is 5.56 Å². The summed E-state index contributed by atoms with van der Waals surface area (Å²) in [5, 5.41) is 22.6. The van der Waals surface area contributed by atoms with Gasteiger partial charge in [-0.1, -0.05) is 17.7 Å². The number of pyridine rings is 1. The number of nitrogens with zero attached hydrogens (tertiary/aromatic N) is 3. The summed E-state index contributed by atoms with van der Waals surface area (Å²) in [5.41, 5.74) is 0.838. The van der Waals surface area contributed by atoms with E-state index >= 15 is 0 Å². The van der Waals surface area contributed by atoms with Gasteiger partial charge in [-0.3, -0.25) is 15.1 Å². The Bertz CT molecular complexity index is 966. The third kappa shape index (κ3) is 5.56. The van der Waals surface area contributed by atoms with E-state index in [2.05, 4.69) is 25.8 Å². The van der Waals surface area contributed by atoms with Gasteiger partial charge in [-0.25, -0.2) is 9.89 Å². The van der Waals surface area contributed by atoms with Crippen LogP contribution in [0.5, 0.6) is 0 Å². The van der Waals surface area contributed by atoms with Gasteiger partial charge < -0.3 is 20.1 Å². The Labute approximate surface area is 190 Å². The lowest BCUT2D eigenvalue weighted by atomic mass is 9.91. The number of anilines is 1. The lowest BCUT2D eigenvalue weighted by molar-refractivity contribution is 0.0954. The molecule has 3 heterocycles. The Balaban J connectivity index is 1.19. The van der Waals surface area contributed by atoms with Crippen molar-refractivity contribution in [1.82, 2.24) is 25.8 Å². The maximum atomic E-state index is 12.4. The van der Waals surface area contributed by atoms with Crippen molar-refractivity contribution < 1.29 is 14.6 Å². The number of carbonyl (C=O) groups excluding carboxylic acids is 1. The molecule has 11 heteroatoms. The number of aromatic nitrogens is 3. The molecule has 1 saturated carbocycles. The van der Waals surface area contributed by atoms with Gasteiger partial charge in [0.05, 0.1) is 18.4 Å². The molecule has 1 amide bonds. The molecule has 0 bridgehead atoms. The highest BCUT2D eigenvalue weighted by Crippen LogP contribution is 2.26. The van der Waals surface area contributed by atoms with E-state index in [0.717, 1.165) is 31.2 Å². The van der Waals surface area contributed by atoms with Crippen molar-refractivity contribution in [3.8, 4) is 0 Å². The number of aromatic amines is 1. The monoisotopic (exact) mass is 462 g/mol. The van der Waals surface area contributed by atoms with Crippen LogP contribution in [-0.4, -0.2) is 57.7 Å². The fraction of sp³-hybridized carbons (Fsp3) is 0.524. The van der Waals surface area contributed by atoms with Gasteiger partial charge in [0.1, 0.15) is 17.4 Å².